The van der Waals surface area contributed by atoms with Crippen LogP contribution in [0.3, 0.4) is 0 Å². The van der Waals surface area contributed by atoms with E-state index >= 15 is 0 Å². The van der Waals surface area contributed by atoms with E-state index in [1.807, 2.05) is 81.7 Å². The number of nitrogens with one attached hydrogen (secondary N) is 2. The number of ether oxygens (including phenoxy) is 7. The molecule has 2 saturated heterocycles. The van der Waals surface area contributed by atoms with E-state index in [4.69, 9.17) is 33.2 Å². The predicted octanol–water partition coefficient (Wildman–Crippen LogP) is 2.23. The van der Waals surface area contributed by atoms with Crippen LogP contribution in [-0.4, -0.2) is 243 Å². The first-order valence-electron chi connectivity index (χ1n) is 26.8. The predicted molar refractivity (Wildman–Crippen MR) is 283 cm³/mol. The molecule has 0 bridgehead atoms. The van der Waals surface area contributed by atoms with E-state index in [2.05, 4.69) is 22.8 Å². The number of aldehydes is 2. The molecular formula is C55H83N7O14. The van der Waals surface area contributed by atoms with Crippen LogP contribution in [0, 0.1) is 5.92 Å². The van der Waals surface area contributed by atoms with Gasteiger partial charge in [-0.05, 0) is 68.2 Å². The lowest BCUT2D eigenvalue weighted by atomic mass is 9.90. The lowest BCUT2D eigenvalue weighted by molar-refractivity contribution is -0.156. The molecule has 21 nitrogen and oxygen atoms in total. The maximum atomic E-state index is 13.0. The molecule has 3 aliphatic rings. The second kappa shape index (κ2) is 33.7. The van der Waals surface area contributed by atoms with Crippen molar-refractivity contribution in [2.45, 2.75) is 64.0 Å². The standard InChI is InChI=1S/C55H83N7O14/c1-55(2,3)76-52(67)41-61-24-22-59(28-30-64)20-19-58(27-29-63)21-23-60(25-26-61)40-50(65)56-16-32-72-34-36-74-38-37-73-35-33-71-31-15-51(66)62-17-13-43(14-18-62)39-49(53(68)70-4)57-54(69)75-42-48-46-11-7-5-9-44(46)45-10-6-8-12-47(45)48/h5-12,29-30,43,48-49H,13-28,31-42H2,1-4H3,(H,56,65)(H,57,69). The molecule has 2 fully saturated rings. The lowest BCUT2D eigenvalue weighted by Crippen LogP contribution is -2.49. The van der Waals surface area contributed by atoms with Gasteiger partial charge in [0, 0.05) is 77.9 Å². The zero-order valence-electron chi connectivity index (χ0n) is 45.3. The van der Waals surface area contributed by atoms with Crippen molar-refractivity contribution >= 4 is 42.4 Å². The van der Waals surface area contributed by atoms with Crippen LogP contribution in [0.4, 0.5) is 4.79 Å². The van der Waals surface area contributed by atoms with Crippen molar-refractivity contribution in [3.05, 3.63) is 59.7 Å². The van der Waals surface area contributed by atoms with Gasteiger partial charge in [-0.2, -0.15) is 0 Å². The molecule has 76 heavy (non-hydrogen) atoms. The molecule has 1 unspecified atom stereocenters. The molecule has 422 valence electrons. The minimum atomic E-state index is -0.869. The highest BCUT2D eigenvalue weighted by Gasteiger charge is 2.32. The summed E-state index contributed by atoms with van der Waals surface area (Å²) in [6, 6.07) is 15.3. The monoisotopic (exact) mass is 1070 g/mol. The van der Waals surface area contributed by atoms with Gasteiger partial charge in [0.2, 0.25) is 11.8 Å². The van der Waals surface area contributed by atoms with E-state index in [0.717, 1.165) is 34.8 Å². The van der Waals surface area contributed by atoms with Gasteiger partial charge in [0.25, 0.3) is 0 Å². The fourth-order valence-electron chi connectivity index (χ4n) is 9.52. The summed E-state index contributed by atoms with van der Waals surface area (Å²) in [7, 11) is 1.30. The van der Waals surface area contributed by atoms with Crippen LogP contribution in [0.2, 0.25) is 0 Å². The minimum absolute atomic E-state index is 0.0000329. The SMILES string of the molecule is COC(=O)C(CC1CCN(C(=O)CCOCCOCCOCCOCCNC(=O)CN2CCN(CC=O)CCN(CC=O)CCN(CC(=O)OC(C)(C)C)CC2)CC1)NC(=O)OCC1c2ccccc2-c2ccccc21. The number of methoxy groups -OCH3 is 1. The Kier molecular flexibility index (Phi) is 27.3. The Morgan fingerprint density at radius 2 is 1.13 bits per heavy atom. The number of piperidine rings is 1. The highest BCUT2D eigenvalue weighted by Crippen LogP contribution is 2.44. The fraction of sp³-hybridized carbons (Fsp3) is 0.655. The largest absolute Gasteiger partial charge is 0.467 e. The molecule has 21 heteroatoms. The molecule has 5 rings (SSSR count). The van der Waals surface area contributed by atoms with E-state index in [1.165, 1.54) is 7.11 Å². The van der Waals surface area contributed by atoms with Crippen molar-refractivity contribution in [1.29, 1.82) is 0 Å². The first-order chi connectivity index (χ1) is 36.8. The molecule has 2 N–H and O–H groups in total. The van der Waals surface area contributed by atoms with Gasteiger partial charge in [-0.15, -0.1) is 0 Å². The van der Waals surface area contributed by atoms with Crippen LogP contribution in [0.1, 0.15) is 63.5 Å². The Morgan fingerprint density at radius 1 is 0.645 bits per heavy atom. The number of hydrogen-bond acceptors (Lipinski definition) is 18. The summed E-state index contributed by atoms with van der Waals surface area (Å²) in [5.74, 6) is -1.04. The van der Waals surface area contributed by atoms with E-state index in [0.29, 0.717) is 138 Å². The zero-order chi connectivity index (χ0) is 54.5. The van der Waals surface area contributed by atoms with Gasteiger partial charge in [-0.25, -0.2) is 9.59 Å². The molecule has 0 saturated carbocycles. The van der Waals surface area contributed by atoms with Crippen LogP contribution in [0.25, 0.3) is 11.1 Å². The Hall–Kier alpha value is -5.39. The van der Waals surface area contributed by atoms with Crippen molar-refractivity contribution in [2.24, 2.45) is 5.92 Å². The van der Waals surface area contributed by atoms with Crippen molar-refractivity contribution in [3.63, 3.8) is 0 Å². The highest BCUT2D eigenvalue weighted by molar-refractivity contribution is 5.82. The quantitative estimate of drug-likeness (QED) is 0.0516. The molecule has 0 spiro atoms. The summed E-state index contributed by atoms with van der Waals surface area (Å²) in [6.45, 7) is 14.8. The van der Waals surface area contributed by atoms with Crippen molar-refractivity contribution < 1.29 is 66.7 Å². The molecule has 2 aromatic rings. The summed E-state index contributed by atoms with van der Waals surface area (Å²) in [4.78, 5) is 97.1. The van der Waals surface area contributed by atoms with Gasteiger partial charge in [-0.1, -0.05) is 48.5 Å². The Balaban J connectivity index is 0.865. The van der Waals surface area contributed by atoms with E-state index in [-0.39, 0.29) is 75.4 Å². The third-order valence-corrected chi connectivity index (χ3v) is 13.5. The van der Waals surface area contributed by atoms with Gasteiger partial charge >= 0.3 is 18.0 Å². The number of esters is 2. The Bertz CT molecular complexity index is 2070. The number of hydrogen-bond donors (Lipinski definition) is 2. The molecular weight excluding hydrogens is 983 g/mol. The van der Waals surface area contributed by atoms with Crippen LogP contribution in [0.15, 0.2) is 48.5 Å². The summed E-state index contributed by atoms with van der Waals surface area (Å²) >= 11 is 0. The Morgan fingerprint density at radius 3 is 1.64 bits per heavy atom. The van der Waals surface area contributed by atoms with Crippen LogP contribution in [0.5, 0.6) is 0 Å². The molecule has 0 aromatic heterocycles. The minimum Gasteiger partial charge on any atom is -0.467 e. The molecule has 2 heterocycles. The maximum Gasteiger partial charge on any atom is 0.407 e. The van der Waals surface area contributed by atoms with Gasteiger partial charge in [0.05, 0.1) is 92.6 Å². The van der Waals surface area contributed by atoms with Gasteiger partial charge in [-0.3, -0.25) is 34.0 Å². The van der Waals surface area contributed by atoms with Crippen LogP contribution < -0.4 is 10.6 Å². The third kappa shape index (κ3) is 22.3. The maximum absolute atomic E-state index is 13.0. The number of benzene rings is 2. The lowest BCUT2D eigenvalue weighted by Gasteiger charge is -2.33. The number of carbonyl (C=O) groups excluding carboxylic acids is 7. The summed E-state index contributed by atoms with van der Waals surface area (Å²) in [5.41, 5.74) is 3.84. The number of nitrogens with zero attached hydrogens (tertiary/aromatic N) is 5. The topological polar surface area (TPSA) is 224 Å². The number of alkyl carbamates (subject to hydrolysis) is 1. The van der Waals surface area contributed by atoms with Gasteiger partial charge in [0.1, 0.15) is 30.8 Å². The summed E-state index contributed by atoms with van der Waals surface area (Å²) in [6.07, 6.45) is 3.05. The number of likely N-dealkylation sites (tertiary alicyclic amines) is 1. The first kappa shape index (κ1) is 61.5. The van der Waals surface area contributed by atoms with Gasteiger partial charge in [0.15, 0.2) is 0 Å². The van der Waals surface area contributed by atoms with Crippen molar-refractivity contribution in [1.82, 2.24) is 35.1 Å². The fourth-order valence-corrected chi connectivity index (χ4v) is 9.52. The second-order valence-corrected chi connectivity index (χ2v) is 20.2. The third-order valence-electron chi connectivity index (χ3n) is 13.5. The number of rotatable bonds is 29. The molecule has 3 amide bonds. The van der Waals surface area contributed by atoms with E-state index in [9.17, 15) is 33.6 Å². The molecule has 2 aliphatic heterocycles. The molecule has 1 aliphatic carbocycles. The first-order valence-corrected chi connectivity index (χ1v) is 26.8. The zero-order valence-corrected chi connectivity index (χ0v) is 45.3. The average molecular weight is 1070 g/mol. The van der Waals surface area contributed by atoms with Crippen molar-refractivity contribution in [2.75, 3.05) is 165 Å². The van der Waals surface area contributed by atoms with E-state index < -0.39 is 23.7 Å². The number of fused-ring (bicyclic) bond motifs is 3. The second-order valence-electron chi connectivity index (χ2n) is 20.2. The smallest absolute Gasteiger partial charge is 0.407 e. The summed E-state index contributed by atoms with van der Waals surface area (Å²) in [5, 5.41) is 5.64. The molecule has 0 radical (unpaired) electrons. The average Bonchev–Trinajstić information content (AvgIpc) is 3.74. The van der Waals surface area contributed by atoms with E-state index in [1.54, 1.807) is 0 Å². The molecule has 1 atom stereocenters. The van der Waals surface area contributed by atoms with Crippen LogP contribution in [-0.2, 0) is 61.9 Å². The van der Waals surface area contributed by atoms with Crippen LogP contribution >= 0.6 is 0 Å². The normalized spacial score (nSPS) is 17.1. The number of amides is 3. The van der Waals surface area contributed by atoms with Gasteiger partial charge < -0.3 is 58.3 Å². The Labute approximate surface area is 448 Å². The number of carbonyl (C=O) groups is 7. The van der Waals surface area contributed by atoms with Crippen molar-refractivity contribution in [3.8, 4) is 11.1 Å². The molecule has 2 aromatic carbocycles. The summed E-state index contributed by atoms with van der Waals surface area (Å²) < 4.78 is 38.8. The highest BCUT2D eigenvalue weighted by atomic mass is 16.6.